The van der Waals surface area contributed by atoms with E-state index in [0.29, 0.717) is 12.5 Å². The van der Waals surface area contributed by atoms with Crippen molar-refractivity contribution < 1.29 is 9.47 Å². The van der Waals surface area contributed by atoms with Gasteiger partial charge in [-0.2, -0.15) is 0 Å². The van der Waals surface area contributed by atoms with Gasteiger partial charge in [-0.05, 0) is 6.42 Å². The first-order valence-electron chi connectivity index (χ1n) is 9.13. The van der Waals surface area contributed by atoms with Crippen LogP contribution in [0.15, 0.2) is 31.0 Å². The molecule has 1 spiro atoms. The van der Waals surface area contributed by atoms with Crippen molar-refractivity contribution in [2.24, 2.45) is 13.0 Å². The number of hydrogen-bond acceptors (Lipinski definition) is 7. The molecule has 2 aromatic rings. The molecule has 26 heavy (non-hydrogen) atoms. The second-order valence-electron chi connectivity index (χ2n) is 7.25. The summed E-state index contributed by atoms with van der Waals surface area (Å²) >= 11 is 0. The van der Waals surface area contributed by atoms with Crippen LogP contribution in [0.1, 0.15) is 12.2 Å². The fourth-order valence-electron chi connectivity index (χ4n) is 3.79. The molecule has 2 aliphatic heterocycles. The fourth-order valence-corrected chi connectivity index (χ4v) is 3.79. The van der Waals surface area contributed by atoms with Gasteiger partial charge in [-0.25, -0.2) is 9.97 Å². The summed E-state index contributed by atoms with van der Waals surface area (Å²) in [7, 11) is 2.03. The average molecular weight is 358 g/mol. The molecule has 1 N–H and O–H groups in total. The average Bonchev–Trinajstić information content (AvgIpc) is 3.18. The van der Waals surface area contributed by atoms with Crippen LogP contribution in [-0.4, -0.2) is 69.5 Å². The van der Waals surface area contributed by atoms with Crippen LogP contribution in [0.4, 0.5) is 5.82 Å². The minimum absolute atomic E-state index is 0.226. The Bertz CT molecular complexity index is 709. The third-order valence-corrected chi connectivity index (χ3v) is 5.14. The van der Waals surface area contributed by atoms with Gasteiger partial charge in [0.2, 0.25) is 0 Å². The summed E-state index contributed by atoms with van der Waals surface area (Å²) in [5.74, 6) is 2.32. The van der Waals surface area contributed by atoms with E-state index >= 15 is 0 Å². The van der Waals surface area contributed by atoms with Crippen molar-refractivity contribution in [3.8, 4) is 0 Å². The molecule has 0 amide bonds. The number of imidazole rings is 1. The standard InChI is InChI=1S/C18H26N6O2/c1-23-5-4-21-17(23)11-24-6-7-25-14-18(13-24)8-15(12-26-18)9-22-16-10-19-2-3-20-16/h2-5,10,15H,6-9,11-14H2,1H3,(H,20,22). The molecule has 8 nitrogen and oxygen atoms in total. The number of nitrogens with one attached hydrogen (secondary N) is 1. The highest BCUT2D eigenvalue weighted by Crippen LogP contribution is 2.33. The minimum atomic E-state index is -0.226. The molecule has 0 bridgehead atoms. The molecule has 2 aliphatic rings. The van der Waals surface area contributed by atoms with Crippen LogP contribution in [0.5, 0.6) is 0 Å². The van der Waals surface area contributed by atoms with Gasteiger partial charge in [-0.3, -0.25) is 9.88 Å². The summed E-state index contributed by atoms with van der Waals surface area (Å²) < 4.78 is 14.2. The number of rotatable bonds is 5. The number of anilines is 1. The van der Waals surface area contributed by atoms with E-state index in [-0.39, 0.29) is 5.60 Å². The number of aromatic nitrogens is 4. The second-order valence-corrected chi connectivity index (χ2v) is 7.25. The Morgan fingerprint density at radius 1 is 1.31 bits per heavy atom. The maximum absolute atomic E-state index is 6.27. The first kappa shape index (κ1) is 17.4. The summed E-state index contributed by atoms with van der Waals surface area (Å²) in [6.07, 6.45) is 9.94. The topological polar surface area (TPSA) is 77.3 Å². The Balaban J connectivity index is 1.35. The van der Waals surface area contributed by atoms with Gasteiger partial charge in [0, 0.05) is 57.4 Å². The number of hydrogen-bond donors (Lipinski definition) is 1. The molecule has 0 aromatic carbocycles. The lowest BCUT2D eigenvalue weighted by Gasteiger charge is -2.31. The summed E-state index contributed by atoms with van der Waals surface area (Å²) in [4.78, 5) is 15.2. The van der Waals surface area contributed by atoms with Crippen LogP contribution >= 0.6 is 0 Å². The highest BCUT2D eigenvalue weighted by atomic mass is 16.5. The normalized spacial score (nSPS) is 26.9. The first-order chi connectivity index (χ1) is 12.7. The van der Waals surface area contributed by atoms with E-state index in [9.17, 15) is 0 Å². The maximum atomic E-state index is 6.27. The van der Waals surface area contributed by atoms with Crippen molar-refractivity contribution in [2.75, 3.05) is 44.8 Å². The lowest BCUT2D eigenvalue weighted by Crippen LogP contribution is -2.44. The van der Waals surface area contributed by atoms with Gasteiger partial charge in [0.1, 0.15) is 17.2 Å². The van der Waals surface area contributed by atoms with Gasteiger partial charge in [-0.15, -0.1) is 0 Å². The molecule has 4 heterocycles. The zero-order valence-electron chi connectivity index (χ0n) is 15.2. The molecule has 2 aromatic heterocycles. The first-order valence-corrected chi connectivity index (χ1v) is 9.13. The summed E-state index contributed by atoms with van der Waals surface area (Å²) in [5.41, 5.74) is -0.226. The molecule has 2 unspecified atom stereocenters. The lowest BCUT2D eigenvalue weighted by atomic mass is 9.94. The predicted molar refractivity (Wildman–Crippen MR) is 96.6 cm³/mol. The van der Waals surface area contributed by atoms with Crippen molar-refractivity contribution in [1.82, 2.24) is 24.4 Å². The van der Waals surface area contributed by atoms with E-state index in [1.54, 1.807) is 18.6 Å². The largest absolute Gasteiger partial charge is 0.377 e. The van der Waals surface area contributed by atoms with Crippen molar-refractivity contribution in [2.45, 2.75) is 18.6 Å². The Morgan fingerprint density at radius 3 is 3.08 bits per heavy atom. The predicted octanol–water partition coefficient (Wildman–Crippen LogP) is 0.930. The number of ether oxygens (including phenoxy) is 2. The van der Waals surface area contributed by atoms with E-state index in [1.807, 2.05) is 19.4 Å². The third kappa shape index (κ3) is 4.03. The molecular formula is C18H26N6O2. The number of nitrogens with zero attached hydrogens (tertiary/aromatic N) is 5. The quantitative estimate of drug-likeness (QED) is 0.852. The Morgan fingerprint density at radius 2 is 2.27 bits per heavy atom. The molecule has 140 valence electrons. The van der Waals surface area contributed by atoms with E-state index in [2.05, 4.69) is 29.7 Å². The summed E-state index contributed by atoms with van der Waals surface area (Å²) in [6, 6.07) is 0. The van der Waals surface area contributed by atoms with Crippen molar-refractivity contribution in [1.29, 1.82) is 0 Å². The van der Waals surface area contributed by atoms with Crippen molar-refractivity contribution in [3.63, 3.8) is 0 Å². The van der Waals surface area contributed by atoms with Crippen LogP contribution < -0.4 is 5.32 Å². The summed E-state index contributed by atoms with van der Waals surface area (Å²) in [6.45, 7) is 5.57. The van der Waals surface area contributed by atoms with Crippen molar-refractivity contribution >= 4 is 5.82 Å². The summed E-state index contributed by atoms with van der Waals surface area (Å²) in [5, 5.41) is 3.36. The van der Waals surface area contributed by atoms with Crippen molar-refractivity contribution in [3.05, 3.63) is 36.8 Å². The van der Waals surface area contributed by atoms with Crippen LogP contribution in [-0.2, 0) is 23.1 Å². The Kier molecular flexibility index (Phi) is 5.14. The smallest absolute Gasteiger partial charge is 0.144 e. The highest BCUT2D eigenvalue weighted by molar-refractivity contribution is 5.29. The SMILES string of the molecule is Cn1ccnc1CN1CCOCC2(CC(CNc3cnccn3)CO2)C1. The van der Waals surface area contributed by atoms with E-state index in [1.165, 1.54) is 0 Å². The second kappa shape index (κ2) is 7.69. The molecule has 0 aliphatic carbocycles. The van der Waals surface area contributed by atoms with Crippen LogP contribution in [0.3, 0.4) is 0 Å². The van der Waals surface area contributed by atoms with Crippen LogP contribution in [0.2, 0.25) is 0 Å². The minimum Gasteiger partial charge on any atom is -0.377 e. The van der Waals surface area contributed by atoms with Gasteiger partial charge >= 0.3 is 0 Å². The van der Waals surface area contributed by atoms with Crippen LogP contribution in [0, 0.1) is 5.92 Å². The number of aryl methyl sites for hydroxylation is 1. The molecule has 4 rings (SSSR count). The van der Waals surface area contributed by atoms with E-state index < -0.39 is 0 Å². The van der Waals surface area contributed by atoms with E-state index in [4.69, 9.17) is 9.47 Å². The third-order valence-electron chi connectivity index (χ3n) is 5.14. The van der Waals surface area contributed by atoms with Gasteiger partial charge in [0.05, 0.1) is 32.6 Å². The molecule has 0 radical (unpaired) electrons. The van der Waals surface area contributed by atoms with Gasteiger partial charge < -0.3 is 19.4 Å². The Hall–Kier alpha value is -2.03. The zero-order valence-corrected chi connectivity index (χ0v) is 15.2. The molecule has 8 heteroatoms. The fraction of sp³-hybridized carbons (Fsp3) is 0.611. The van der Waals surface area contributed by atoms with Gasteiger partial charge in [-0.1, -0.05) is 0 Å². The zero-order chi connectivity index (χ0) is 17.8. The molecule has 2 fully saturated rings. The molecule has 2 atom stereocenters. The molecule has 0 saturated carbocycles. The molecular weight excluding hydrogens is 332 g/mol. The maximum Gasteiger partial charge on any atom is 0.144 e. The van der Waals surface area contributed by atoms with Gasteiger partial charge in [0.25, 0.3) is 0 Å². The van der Waals surface area contributed by atoms with E-state index in [0.717, 1.165) is 57.5 Å². The highest BCUT2D eigenvalue weighted by Gasteiger charge is 2.43. The molecule has 2 saturated heterocycles. The van der Waals surface area contributed by atoms with Crippen LogP contribution in [0.25, 0.3) is 0 Å². The van der Waals surface area contributed by atoms with Gasteiger partial charge in [0.15, 0.2) is 0 Å². The lowest BCUT2D eigenvalue weighted by molar-refractivity contribution is -0.0564. The Labute approximate surface area is 153 Å². The monoisotopic (exact) mass is 358 g/mol.